The van der Waals surface area contributed by atoms with Crippen LogP contribution in [0.15, 0.2) is 42.6 Å². The number of nitrogens with two attached hydrogens (primary N) is 1. The predicted molar refractivity (Wildman–Crippen MR) is 126 cm³/mol. The number of carbonyl (C=O) groups is 1. The van der Waals surface area contributed by atoms with Gasteiger partial charge in [0.1, 0.15) is 12.4 Å². The molecule has 0 fully saturated rings. The summed E-state index contributed by atoms with van der Waals surface area (Å²) < 4.78 is 26.6. The highest BCUT2D eigenvalue weighted by molar-refractivity contribution is 6.05. The first kappa shape index (κ1) is 24.5. The smallest absolute Gasteiger partial charge is 0.250 e. The number of benzene rings is 2. The average Bonchev–Trinajstić information content (AvgIpc) is 3.18. The number of rotatable bonds is 13. The molecule has 0 spiro atoms. The summed E-state index contributed by atoms with van der Waals surface area (Å²) in [5.74, 6) is 0.0662. The Kier molecular flexibility index (Phi) is 8.68. The summed E-state index contributed by atoms with van der Waals surface area (Å²) in [7, 11) is 0. The maximum Gasteiger partial charge on any atom is 0.250 e. The SMILES string of the molecule is CCOc1cc(F)ccc1OCCNC(C)Cc1cc(C(N)=O)c2c(ccn2CCCO)c1. The zero-order valence-electron chi connectivity index (χ0n) is 19.1. The summed E-state index contributed by atoms with van der Waals surface area (Å²) in [5, 5.41) is 13.5. The zero-order valence-corrected chi connectivity index (χ0v) is 19.1. The van der Waals surface area contributed by atoms with Gasteiger partial charge in [-0.3, -0.25) is 4.79 Å². The van der Waals surface area contributed by atoms with Gasteiger partial charge >= 0.3 is 0 Å². The van der Waals surface area contributed by atoms with Crippen molar-refractivity contribution in [1.29, 1.82) is 0 Å². The lowest BCUT2D eigenvalue weighted by Gasteiger charge is -2.16. The zero-order chi connectivity index (χ0) is 23.8. The number of ether oxygens (including phenoxy) is 2. The molecule has 0 aliphatic rings. The largest absolute Gasteiger partial charge is 0.490 e. The van der Waals surface area contributed by atoms with Crippen molar-refractivity contribution in [3.8, 4) is 11.5 Å². The number of carbonyl (C=O) groups excluding carboxylic acids is 1. The molecule has 0 saturated carbocycles. The number of hydrogen-bond donors (Lipinski definition) is 3. The number of primary amides is 1. The lowest BCUT2D eigenvalue weighted by atomic mass is 10.0. The van der Waals surface area contributed by atoms with Gasteiger partial charge in [0.05, 0.1) is 17.7 Å². The van der Waals surface area contributed by atoms with Crippen molar-refractivity contribution in [2.45, 2.75) is 39.3 Å². The van der Waals surface area contributed by atoms with E-state index in [1.54, 1.807) is 6.07 Å². The molecule has 1 atom stereocenters. The fourth-order valence-corrected chi connectivity index (χ4v) is 3.91. The van der Waals surface area contributed by atoms with Crippen molar-refractivity contribution in [3.05, 3.63) is 59.5 Å². The summed E-state index contributed by atoms with van der Waals surface area (Å²) in [6, 6.07) is 10.2. The normalized spacial score (nSPS) is 12.1. The number of aliphatic hydroxyl groups is 1. The van der Waals surface area contributed by atoms with Gasteiger partial charge in [0, 0.05) is 43.4 Å². The molecule has 0 radical (unpaired) electrons. The molecule has 1 unspecified atom stereocenters. The third-order valence-electron chi connectivity index (χ3n) is 5.34. The Hall–Kier alpha value is -3.10. The summed E-state index contributed by atoms with van der Waals surface area (Å²) in [6.07, 6.45) is 3.23. The van der Waals surface area contributed by atoms with Gasteiger partial charge in [0.25, 0.3) is 5.91 Å². The summed E-state index contributed by atoms with van der Waals surface area (Å²) in [5.41, 5.74) is 7.96. The highest BCUT2D eigenvalue weighted by atomic mass is 19.1. The van der Waals surface area contributed by atoms with E-state index >= 15 is 0 Å². The molecular formula is C25H32FN3O4. The predicted octanol–water partition coefficient (Wildman–Crippen LogP) is 3.26. The van der Waals surface area contributed by atoms with Crippen molar-refractivity contribution < 1.29 is 23.8 Å². The van der Waals surface area contributed by atoms with Gasteiger partial charge in [-0.25, -0.2) is 4.39 Å². The van der Waals surface area contributed by atoms with E-state index < -0.39 is 5.91 Å². The Labute approximate surface area is 193 Å². The van der Waals surface area contributed by atoms with Gasteiger partial charge in [-0.1, -0.05) is 0 Å². The number of nitrogens with one attached hydrogen (secondary N) is 1. The molecule has 3 rings (SSSR count). The lowest BCUT2D eigenvalue weighted by molar-refractivity contribution is 0.100. The molecule has 2 aromatic carbocycles. The van der Waals surface area contributed by atoms with Gasteiger partial charge in [0.2, 0.25) is 0 Å². The fourth-order valence-electron chi connectivity index (χ4n) is 3.91. The lowest BCUT2D eigenvalue weighted by Crippen LogP contribution is -2.32. The van der Waals surface area contributed by atoms with Crippen LogP contribution in [-0.4, -0.2) is 48.0 Å². The molecule has 33 heavy (non-hydrogen) atoms. The third kappa shape index (κ3) is 6.46. The van der Waals surface area contributed by atoms with Crippen LogP contribution in [0, 0.1) is 5.82 Å². The number of halogens is 1. The van der Waals surface area contributed by atoms with Gasteiger partial charge in [-0.05, 0) is 62.6 Å². The van der Waals surface area contributed by atoms with Crippen LogP contribution in [0.25, 0.3) is 10.9 Å². The molecule has 178 valence electrons. The second-order valence-corrected chi connectivity index (χ2v) is 7.96. The number of aryl methyl sites for hydroxylation is 1. The van der Waals surface area contributed by atoms with Gasteiger partial charge in [-0.15, -0.1) is 0 Å². The van der Waals surface area contributed by atoms with E-state index in [0.717, 1.165) is 16.5 Å². The first-order chi connectivity index (χ1) is 15.9. The maximum absolute atomic E-state index is 13.4. The first-order valence-electron chi connectivity index (χ1n) is 11.2. The molecule has 4 N–H and O–H groups in total. The second-order valence-electron chi connectivity index (χ2n) is 7.96. The number of nitrogens with zero attached hydrogens (tertiary/aromatic N) is 1. The highest BCUT2D eigenvalue weighted by Gasteiger charge is 2.15. The Morgan fingerprint density at radius 1 is 1.21 bits per heavy atom. The average molecular weight is 458 g/mol. The minimum atomic E-state index is -0.468. The van der Waals surface area contributed by atoms with Gasteiger partial charge in [0.15, 0.2) is 11.5 Å². The molecular weight excluding hydrogens is 425 g/mol. The minimum Gasteiger partial charge on any atom is -0.490 e. The number of fused-ring (bicyclic) bond motifs is 1. The molecule has 1 heterocycles. The van der Waals surface area contributed by atoms with Crippen molar-refractivity contribution in [3.63, 3.8) is 0 Å². The Morgan fingerprint density at radius 2 is 2.03 bits per heavy atom. The molecule has 0 aliphatic carbocycles. The van der Waals surface area contributed by atoms with Crippen molar-refractivity contribution >= 4 is 16.8 Å². The van der Waals surface area contributed by atoms with E-state index in [-0.39, 0.29) is 18.5 Å². The summed E-state index contributed by atoms with van der Waals surface area (Å²) in [6.45, 7) is 6.02. The fraction of sp³-hybridized carbons (Fsp3) is 0.400. The molecule has 0 bridgehead atoms. The molecule has 0 aliphatic heterocycles. The number of aromatic nitrogens is 1. The van der Waals surface area contributed by atoms with Crippen LogP contribution < -0.4 is 20.5 Å². The van der Waals surface area contributed by atoms with Crippen LogP contribution in [0.5, 0.6) is 11.5 Å². The van der Waals surface area contributed by atoms with Gasteiger partial charge in [-0.2, -0.15) is 0 Å². The van der Waals surface area contributed by atoms with Crippen LogP contribution in [0.3, 0.4) is 0 Å². The van der Waals surface area contributed by atoms with Gasteiger partial charge < -0.3 is 30.2 Å². The van der Waals surface area contributed by atoms with E-state index in [1.807, 2.05) is 29.8 Å². The van der Waals surface area contributed by atoms with E-state index in [1.165, 1.54) is 12.1 Å². The molecule has 7 nitrogen and oxygen atoms in total. The minimum absolute atomic E-state index is 0.0880. The van der Waals surface area contributed by atoms with Crippen LogP contribution in [0.2, 0.25) is 0 Å². The Balaban J connectivity index is 1.60. The van der Waals surface area contributed by atoms with Crippen LogP contribution in [0.4, 0.5) is 4.39 Å². The van der Waals surface area contributed by atoms with E-state index in [4.69, 9.17) is 20.3 Å². The van der Waals surface area contributed by atoms with Crippen LogP contribution >= 0.6 is 0 Å². The molecule has 1 amide bonds. The number of aliphatic hydroxyl groups excluding tert-OH is 1. The molecule has 0 saturated heterocycles. The summed E-state index contributed by atoms with van der Waals surface area (Å²) >= 11 is 0. The number of hydrogen-bond acceptors (Lipinski definition) is 5. The summed E-state index contributed by atoms with van der Waals surface area (Å²) in [4.78, 5) is 12.1. The third-order valence-corrected chi connectivity index (χ3v) is 5.34. The van der Waals surface area contributed by atoms with E-state index in [9.17, 15) is 9.18 Å². The Bertz CT molecular complexity index is 1080. The van der Waals surface area contributed by atoms with Crippen LogP contribution in [-0.2, 0) is 13.0 Å². The van der Waals surface area contributed by atoms with E-state index in [2.05, 4.69) is 18.3 Å². The standard InChI is InChI=1S/C25H32FN3O4/c1-3-32-23-16-20(26)5-6-22(23)33-12-8-28-17(2)13-18-14-19-7-10-29(9-4-11-30)24(19)21(15-18)25(27)31/h5-7,10,14-17,28,30H,3-4,8-9,11-13H2,1-2H3,(H2,27,31). The molecule has 3 aromatic rings. The Morgan fingerprint density at radius 3 is 2.76 bits per heavy atom. The quantitative estimate of drug-likeness (QED) is 0.342. The van der Waals surface area contributed by atoms with E-state index in [0.29, 0.717) is 56.2 Å². The number of amides is 1. The molecule has 8 heteroatoms. The molecule has 1 aromatic heterocycles. The first-order valence-corrected chi connectivity index (χ1v) is 11.2. The van der Waals surface area contributed by atoms with Crippen molar-refractivity contribution in [2.75, 3.05) is 26.4 Å². The van der Waals surface area contributed by atoms with Crippen molar-refractivity contribution in [2.24, 2.45) is 5.73 Å². The maximum atomic E-state index is 13.4. The second kappa shape index (κ2) is 11.7. The topological polar surface area (TPSA) is 98.7 Å². The monoisotopic (exact) mass is 457 g/mol. The van der Waals surface area contributed by atoms with Crippen molar-refractivity contribution in [1.82, 2.24) is 9.88 Å². The highest BCUT2D eigenvalue weighted by Crippen LogP contribution is 2.28. The van der Waals surface area contributed by atoms with Crippen LogP contribution in [0.1, 0.15) is 36.2 Å².